The number of rotatable bonds is 4. The van der Waals surface area contributed by atoms with Crippen LogP contribution >= 0.6 is 23.5 Å². The highest BCUT2D eigenvalue weighted by Gasteiger charge is 2.64. The van der Waals surface area contributed by atoms with Crippen LogP contribution in [0, 0.1) is 10.2 Å². The SMILES string of the molecule is O=S(=O)(c1ccccc1)C1(O[Cl+3]([O-])([O-])[O-])SC2=C(CCCC2)S1. The molecule has 1 aromatic rings. The Balaban J connectivity index is 2.04. The van der Waals surface area contributed by atoms with Gasteiger partial charge in [-0.15, -0.1) is 0 Å². The summed E-state index contributed by atoms with van der Waals surface area (Å²) in [6.45, 7) is 0. The van der Waals surface area contributed by atoms with E-state index in [1.165, 1.54) is 24.3 Å². The number of benzene rings is 1. The third-order valence-corrected chi connectivity index (χ3v) is 10.3. The quantitative estimate of drug-likeness (QED) is 0.711. The summed E-state index contributed by atoms with van der Waals surface area (Å²) < 4.78 is 61.8. The minimum absolute atomic E-state index is 0.0845. The van der Waals surface area contributed by atoms with Gasteiger partial charge in [-0.25, -0.2) is 8.42 Å². The second kappa shape index (κ2) is 6.23. The lowest BCUT2D eigenvalue weighted by atomic mass is 10.1. The van der Waals surface area contributed by atoms with E-state index in [0.29, 0.717) is 12.8 Å². The molecule has 0 bridgehead atoms. The molecule has 1 aromatic carbocycles. The maximum Gasteiger partial charge on any atom is 0.425 e. The van der Waals surface area contributed by atoms with Gasteiger partial charge in [0.05, 0.1) is 15.1 Å². The van der Waals surface area contributed by atoms with E-state index in [1.54, 1.807) is 6.07 Å². The van der Waals surface area contributed by atoms with Gasteiger partial charge in [0.25, 0.3) is 0 Å². The van der Waals surface area contributed by atoms with Crippen molar-refractivity contribution in [3.8, 4) is 0 Å². The fraction of sp³-hybridized carbons (Fsp3) is 0.385. The van der Waals surface area contributed by atoms with E-state index in [0.717, 1.165) is 46.2 Å². The molecule has 0 spiro atoms. The highest BCUT2D eigenvalue weighted by atomic mass is 35.7. The average molecular weight is 397 g/mol. The molecule has 2 aliphatic rings. The maximum atomic E-state index is 13.0. The van der Waals surface area contributed by atoms with E-state index in [2.05, 4.69) is 4.29 Å². The van der Waals surface area contributed by atoms with Crippen LogP contribution in [0.1, 0.15) is 25.7 Å². The van der Waals surface area contributed by atoms with E-state index in [9.17, 15) is 22.4 Å². The molecule has 0 atom stereocenters. The van der Waals surface area contributed by atoms with Crippen molar-refractivity contribution < 1.29 is 36.9 Å². The fourth-order valence-corrected chi connectivity index (χ4v) is 9.35. The van der Waals surface area contributed by atoms with Gasteiger partial charge in [-0.05, 0) is 71.2 Å². The second-order valence-corrected chi connectivity index (χ2v) is 11.3. The van der Waals surface area contributed by atoms with E-state index in [1.807, 2.05) is 0 Å². The first kappa shape index (κ1) is 17.6. The molecule has 10 heteroatoms. The normalized spacial score (nSPS) is 21.3. The predicted molar refractivity (Wildman–Crippen MR) is 78.1 cm³/mol. The molecule has 1 aliphatic carbocycles. The highest BCUT2D eigenvalue weighted by molar-refractivity contribution is 8.35. The molecule has 1 aliphatic heterocycles. The van der Waals surface area contributed by atoms with Crippen molar-refractivity contribution in [1.29, 1.82) is 0 Å². The monoisotopic (exact) mass is 396 g/mol. The van der Waals surface area contributed by atoms with Crippen LogP contribution in [0.5, 0.6) is 0 Å². The summed E-state index contributed by atoms with van der Waals surface area (Å²) in [6, 6.07) is 7.41. The molecule has 0 fully saturated rings. The maximum absolute atomic E-state index is 13.0. The number of allylic oxidation sites excluding steroid dienone is 2. The summed E-state index contributed by atoms with van der Waals surface area (Å²) >= 11 is 1.63. The molecule has 6 nitrogen and oxygen atoms in total. The van der Waals surface area contributed by atoms with E-state index < -0.39 is 23.7 Å². The Labute approximate surface area is 144 Å². The topological polar surface area (TPSA) is 113 Å². The molecule has 0 unspecified atom stereocenters. The second-order valence-electron chi connectivity index (χ2n) is 5.03. The molecule has 0 saturated carbocycles. The Hall–Kier alpha value is -0.260. The summed E-state index contributed by atoms with van der Waals surface area (Å²) in [5, 5.41) is 0. The first-order valence-corrected chi connectivity index (χ1v) is 11.1. The van der Waals surface area contributed by atoms with Crippen LogP contribution in [-0.4, -0.2) is 12.0 Å². The Kier molecular flexibility index (Phi) is 4.76. The number of hydrogen-bond donors (Lipinski definition) is 0. The van der Waals surface area contributed by atoms with Gasteiger partial charge in [0, 0.05) is 0 Å². The highest BCUT2D eigenvalue weighted by Crippen LogP contribution is 2.62. The van der Waals surface area contributed by atoms with Gasteiger partial charge in [0.15, 0.2) is 0 Å². The van der Waals surface area contributed by atoms with Crippen LogP contribution in [-0.2, 0) is 14.1 Å². The Bertz CT molecular complexity index is 708. The zero-order valence-corrected chi connectivity index (χ0v) is 15.0. The molecule has 0 aromatic heterocycles. The van der Waals surface area contributed by atoms with Gasteiger partial charge in [0.2, 0.25) is 9.84 Å². The van der Waals surface area contributed by atoms with E-state index >= 15 is 0 Å². The largest absolute Gasteiger partial charge is 0.425 e. The summed E-state index contributed by atoms with van der Waals surface area (Å²) in [5.41, 5.74) is 0. The zero-order chi connectivity index (χ0) is 16.7. The van der Waals surface area contributed by atoms with Gasteiger partial charge in [-0.1, -0.05) is 18.2 Å². The third kappa shape index (κ3) is 3.42. The molecule has 0 N–H and O–H groups in total. The van der Waals surface area contributed by atoms with Crippen LogP contribution in [0.2, 0.25) is 0 Å². The summed E-state index contributed by atoms with van der Waals surface area (Å²) in [5.74, 6) is 0. The zero-order valence-electron chi connectivity index (χ0n) is 11.8. The fourth-order valence-electron chi connectivity index (χ4n) is 2.43. The number of sulfone groups is 1. The van der Waals surface area contributed by atoms with Crippen molar-refractivity contribution in [2.45, 2.75) is 34.2 Å². The van der Waals surface area contributed by atoms with Crippen LogP contribution in [0.4, 0.5) is 0 Å². The average Bonchev–Trinajstić information content (AvgIpc) is 2.85. The molecule has 1 heterocycles. The molecule has 0 radical (unpaired) electrons. The number of thioether (sulfide) groups is 2. The van der Waals surface area contributed by atoms with Crippen molar-refractivity contribution in [2.75, 3.05) is 0 Å². The summed E-state index contributed by atoms with van der Waals surface area (Å²) in [6.07, 6.45) is 3.13. The van der Waals surface area contributed by atoms with Crippen molar-refractivity contribution in [3.63, 3.8) is 0 Å². The van der Waals surface area contributed by atoms with Gasteiger partial charge >= 0.3 is 3.60 Å². The Morgan fingerprint density at radius 2 is 1.52 bits per heavy atom. The first-order valence-electron chi connectivity index (χ1n) is 6.75. The van der Waals surface area contributed by atoms with Gasteiger partial charge < -0.3 is 0 Å². The third-order valence-electron chi connectivity index (χ3n) is 3.44. The van der Waals surface area contributed by atoms with Crippen LogP contribution in [0.25, 0.3) is 0 Å². The summed E-state index contributed by atoms with van der Waals surface area (Å²) in [7, 11) is -9.11. The molecule has 0 amide bonds. The van der Waals surface area contributed by atoms with Crippen molar-refractivity contribution in [3.05, 3.63) is 40.1 Å². The van der Waals surface area contributed by atoms with Crippen molar-refractivity contribution >= 4 is 33.4 Å². The van der Waals surface area contributed by atoms with Crippen molar-refractivity contribution in [1.82, 2.24) is 0 Å². The van der Waals surface area contributed by atoms with Crippen LogP contribution < -0.4 is 14.0 Å². The van der Waals surface area contributed by atoms with E-state index in [4.69, 9.17) is 0 Å². The van der Waals surface area contributed by atoms with Crippen LogP contribution in [0.3, 0.4) is 0 Å². The molecule has 23 heavy (non-hydrogen) atoms. The lowest BCUT2D eigenvalue weighted by molar-refractivity contribution is -1.92. The molecular weight excluding hydrogens is 384 g/mol. The van der Waals surface area contributed by atoms with Crippen molar-refractivity contribution in [2.24, 2.45) is 0 Å². The lowest BCUT2D eigenvalue weighted by Crippen LogP contribution is -2.64. The van der Waals surface area contributed by atoms with Gasteiger partial charge in [-0.2, -0.15) is 14.0 Å². The molecular formula is C13H13ClO6S3. The first-order chi connectivity index (χ1) is 10.7. The smallest absolute Gasteiger partial charge is 0.218 e. The van der Waals surface area contributed by atoms with Crippen LogP contribution in [0.15, 0.2) is 45.0 Å². The number of halogens is 1. The van der Waals surface area contributed by atoms with Gasteiger partial charge in [0.1, 0.15) is 4.29 Å². The minimum Gasteiger partial charge on any atom is -0.218 e. The van der Waals surface area contributed by atoms with E-state index in [-0.39, 0.29) is 4.90 Å². The number of hydrogen-bond acceptors (Lipinski definition) is 8. The van der Waals surface area contributed by atoms with Gasteiger partial charge in [-0.3, -0.25) is 0 Å². The minimum atomic E-state index is -4.90. The summed E-state index contributed by atoms with van der Waals surface area (Å²) in [4.78, 5) is 1.50. The molecule has 0 saturated heterocycles. The molecule has 3 rings (SSSR count). The Morgan fingerprint density at radius 3 is 2.00 bits per heavy atom. The molecule has 126 valence electrons. The lowest BCUT2D eigenvalue weighted by Gasteiger charge is -2.25. The standard InChI is InChI=1S/C13H13ClO6S3/c15-14(16,17)20-13(21-11-8-4-5-9-12(11)22-13)23(18,19)10-6-2-1-3-7-10/h1-3,6-7H,4-5,8-9H2. The Morgan fingerprint density at radius 1 is 1.00 bits per heavy atom. The predicted octanol–water partition coefficient (Wildman–Crippen LogP) is 0.251.